The zero-order valence-electron chi connectivity index (χ0n) is 11.9. The van der Waals surface area contributed by atoms with Crippen LogP contribution in [0.5, 0.6) is 11.5 Å². The van der Waals surface area contributed by atoms with Gasteiger partial charge in [-0.2, -0.15) is 0 Å². The fourth-order valence-electron chi connectivity index (χ4n) is 2.94. The first-order valence-corrected chi connectivity index (χ1v) is 7.57. The second kappa shape index (κ2) is 5.41. The molecular weight excluding hydrogens is 262 g/mol. The SMILES string of the molecule is c1ccc(C2C[C@@H]2NCc2ccc3c(c2)OCCO3)cc1. The average Bonchev–Trinajstić information content (AvgIpc) is 3.33. The fourth-order valence-corrected chi connectivity index (χ4v) is 2.94. The van der Waals surface area contributed by atoms with Crippen LogP contribution < -0.4 is 14.8 Å². The van der Waals surface area contributed by atoms with E-state index in [9.17, 15) is 0 Å². The highest BCUT2D eigenvalue weighted by atomic mass is 16.6. The molecule has 0 bridgehead atoms. The van der Waals surface area contributed by atoms with Gasteiger partial charge in [0.15, 0.2) is 11.5 Å². The van der Waals surface area contributed by atoms with Crippen molar-refractivity contribution in [3.05, 3.63) is 59.7 Å². The molecular formula is C18H19NO2. The Morgan fingerprint density at radius 3 is 2.62 bits per heavy atom. The molecule has 1 heterocycles. The molecule has 21 heavy (non-hydrogen) atoms. The van der Waals surface area contributed by atoms with Crippen molar-refractivity contribution in [1.82, 2.24) is 5.32 Å². The van der Waals surface area contributed by atoms with Crippen LogP contribution in [0.15, 0.2) is 48.5 Å². The Hall–Kier alpha value is -2.00. The lowest BCUT2D eigenvalue weighted by atomic mass is 10.1. The number of hydrogen-bond donors (Lipinski definition) is 1. The molecule has 108 valence electrons. The van der Waals surface area contributed by atoms with E-state index in [0.29, 0.717) is 25.2 Å². The number of ether oxygens (including phenoxy) is 2. The number of hydrogen-bond acceptors (Lipinski definition) is 3. The van der Waals surface area contributed by atoms with Gasteiger partial charge in [-0.05, 0) is 29.7 Å². The van der Waals surface area contributed by atoms with E-state index < -0.39 is 0 Å². The third kappa shape index (κ3) is 2.74. The monoisotopic (exact) mass is 281 g/mol. The predicted octanol–water partition coefficient (Wildman–Crippen LogP) is 3.10. The normalized spacial score (nSPS) is 22.9. The number of benzene rings is 2. The van der Waals surface area contributed by atoms with Gasteiger partial charge in [0.1, 0.15) is 13.2 Å². The molecule has 0 spiro atoms. The molecule has 1 unspecified atom stereocenters. The lowest BCUT2D eigenvalue weighted by molar-refractivity contribution is 0.171. The summed E-state index contributed by atoms with van der Waals surface area (Å²) in [5.74, 6) is 2.40. The number of fused-ring (bicyclic) bond motifs is 1. The smallest absolute Gasteiger partial charge is 0.161 e. The van der Waals surface area contributed by atoms with E-state index in [1.54, 1.807) is 0 Å². The maximum absolute atomic E-state index is 5.62. The Balaban J connectivity index is 1.36. The van der Waals surface area contributed by atoms with Crippen molar-refractivity contribution in [3.8, 4) is 11.5 Å². The summed E-state index contributed by atoms with van der Waals surface area (Å²) in [6, 6.07) is 17.5. The molecule has 0 aromatic heterocycles. The first kappa shape index (κ1) is 12.7. The van der Waals surface area contributed by atoms with Crippen molar-refractivity contribution >= 4 is 0 Å². The van der Waals surface area contributed by atoms with E-state index in [0.717, 1.165) is 18.0 Å². The molecule has 2 aliphatic rings. The van der Waals surface area contributed by atoms with Gasteiger partial charge in [0.2, 0.25) is 0 Å². The van der Waals surface area contributed by atoms with Gasteiger partial charge in [-0.3, -0.25) is 0 Å². The Labute approximate surface area is 124 Å². The van der Waals surface area contributed by atoms with E-state index in [1.165, 1.54) is 17.5 Å². The number of nitrogens with one attached hydrogen (secondary N) is 1. The zero-order chi connectivity index (χ0) is 14.1. The molecule has 0 amide bonds. The molecule has 3 nitrogen and oxygen atoms in total. The Morgan fingerprint density at radius 2 is 1.76 bits per heavy atom. The van der Waals surface area contributed by atoms with Crippen molar-refractivity contribution in [2.24, 2.45) is 0 Å². The van der Waals surface area contributed by atoms with E-state index in [4.69, 9.17) is 9.47 Å². The van der Waals surface area contributed by atoms with E-state index in [1.807, 2.05) is 6.07 Å². The molecule has 4 rings (SSSR count). The van der Waals surface area contributed by atoms with E-state index >= 15 is 0 Å². The van der Waals surface area contributed by atoms with Gasteiger partial charge >= 0.3 is 0 Å². The van der Waals surface area contributed by atoms with Crippen molar-refractivity contribution in [1.29, 1.82) is 0 Å². The second-order valence-corrected chi connectivity index (χ2v) is 5.72. The minimum absolute atomic E-state index is 0.598. The van der Waals surface area contributed by atoms with Crippen LogP contribution in [0.1, 0.15) is 23.5 Å². The maximum atomic E-state index is 5.62. The Bertz CT molecular complexity index is 626. The standard InChI is InChI=1S/C18H19NO2/c1-2-4-14(5-3-1)15-11-16(15)19-12-13-6-7-17-18(10-13)21-9-8-20-17/h1-7,10,15-16,19H,8-9,11-12H2/t15?,16-/m0/s1. The predicted molar refractivity (Wildman–Crippen MR) is 81.9 cm³/mol. The molecule has 1 saturated carbocycles. The van der Waals surface area contributed by atoms with Crippen LogP contribution in [0.25, 0.3) is 0 Å². The summed E-state index contributed by atoms with van der Waals surface area (Å²) in [5.41, 5.74) is 2.69. The topological polar surface area (TPSA) is 30.5 Å². The first-order chi connectivity index (χ1) is 10.4. The van der Waals surface area contributed by atoms with Gasteiger partial charge in [-0.1, -0.05) is 36.4 Å². The average molecular weight is 281 g/mol. The molecule has 1 aliphatic heterocycles. The van der Waals surface area contributed by atoms with Gasteiger partial charge < -0.3 is 14.8 Å². The zero-order valence-corrected chi connectivity index (χ0v) is 11.9. The molecule has 2 aromatic rings. The quantitative estimate of drug-likeness (QED) is 0.934. The van der Waals surface area contributed by atoms with Crippen LogP contribution in [-0.2, 0) is 6.54 Å². The summed E-state index contributed by atoms with van der Waals surface area (Å²) in [4.78, 5) is 0. The van der Waals surface area contributed by atoms with Crippen molar-refractivity contribution in [2.45, 2.75) is 24.9 Å². The van der Waals surface area contributed by atoms with Crippen molar-refractivity contribution < 1.29 is 9.47 Å². The van der Waals surface area contributed by atoms with Crippen LogP contribution in [0.4, 0.5) is 0 Å². The molecule has 2 aromatic carbocycles. The summed E-state index contributed by atoms with van der Waals surface area (Å²) >= 11 is 0. The second-order valence-electron chi connectivity index (χ2n) is 5.72. The molecule has 0 saturated heterocycles. The van der Waals surface area contributed by atoms with Crippen LogP contribution in [0.3, 0.4) is 0 Å². The van der Waals surface area contributed by atoms with Crippen LogP contribution in [0.2, 0.25) is 0 Å². The minimum atomic E-state index is 0.598. The highest BCUT2D eigenvalue weighted by Crippen LogP contribution is 2.41. The fraction of sp³-hybridized carbons (Fsp3) is 0.333. The highest BCUT2D eigenvalue weighted by Gasteiger charge is 2.37. The van der Waals surface area contributed by atoms with Crippen LogP contribution in [-0.4, -0.2) is 19.3 Å². The first-order valence-electron chi connectivity index (χ1n) is 7.57. The van der Waals surface area contributed by atoms with Crippen molar-refractivity contribution in [2.75, 3.05) is 13.2 Å². The van der Waals surface area contributed by atoms with Gasteiger partial charge in [0, 0.05) is 18.5 Å². The van der Waals surface area contributed by atoms with Crippen molar-refractivity contribution in [3.63, 3.8) is 0 Å². The Kier molecular flexibility index (Phi) is 3.28. The van der Waals surface area contributed by atoms with Gasteiger partial charge in [-0.15, -0.1) is 0 Å². The molecule has 1 aliphatic carbocycles. The van der Waals surface area contributed by atoms with Crippen LogP contribution >= 0.6 is 0 Å². The van der Waals surface area contributed by atoms with E-state index in [2.05, 4.69) is 47.8 Å². The molecule has 3 heteroatoms. The highest BCUT2D eigenvalue weighted by molar-refractivity contribution is 5.43. The summed E-state index contributed by atoms with van der Waals surface area (Å²) in [7, 11) is 0. The Morgan fingerprint density at radius 1 is 0.952 bits per heavy atom. The van der Waals surface area contributed by atoms with Gasteiger partial charge in [0.25, 0.3) is 0 Å². The molecule has 2 atom stereocenters. The summed E-state index contributed by atoms with van der Waals surface area (Å²) in [5, 5.41) is 3.63. The summed E-state index contributed by atoms with van der Waals surface area (Å²) in [6.07, 6.45) is 1.23. The molecule has 1 fully saturated rings. The lowest BCUT2D eigenvalue weighted by Crippen LogP contribution is -2.18. The maximum Gasteiger partial charge on any atom is 0.161 e. The third-order valence-corrected chi connectivity index (χ3v) is 4.19. The third-order valence-electron chi connectivity index (χ3n) is 4.19. The summed E-state index contributed by atoms with van der Waals surface area (Å²) in [6.45, 7) is 2.17. The minimum Gasteiger partial charge on any atom is -0.486 e. The number of rotatable bonds is 4. The van der Waals surface area contributed by atoms with Crippen LogP contribution in [0, 0.1) is 0 Å². The van der Waals surface area contributed by atoms with E-state index in [-0.39, 0.29) is 0 Å². The van der Waals surface area contributed by atoms with Gasteiger partial charge in [0.05, 0.1) is 0 Å². The lowest BCUT2D eigenvalue weighted by Gasteiger charge is -2.19. The molecule has 1 N–H and O–H groups in total. The molecule has 0 radical (unpaired) electrons. The largest absolute Gasteiger partial charge is 0.486 e. The summed E-state index contributed by atoms with van der Waals surface area (Å²) < 4.78 is 11.2. The van der Waals surface area contributed by atoms with Gasteiger partial charge in [-0.25, -0.2) is 0 Å².